The molecule has 3 rings (SSSR count). The van der Waals surface area contributed by atoms with E-state index in [-0.39, 0.29) is 17.7 Å². The number of aryl methyl sites for hydroxylation is 1. The van der Waals surface area contributed by atoms with E-state index in [1.807, 2.05) is 25.1 Å². The maximum absolute atomic E-state index is 12.4. The molecule has 2 fully saturated rings. The van der Waals surface area contributed by atoms with Crippen LogP contribution in [0.5, 0.6) is 0 Å². The van der Waals surface area contributed by atoms with E-state index >= 15 is 0 Å². The van der Waals surface area contributed by atoms with Crippen molar-refractivity contribution < 1.29 is 14.3 Å². The summed E-state index contributed by atoms with van der Waals surface area (Å²) in [5.41, 5.74) is 1.73. The fraction of sp³-hybridized carbons (Fsp3) is 0.562. The van der Waals surface area contributed by atoms with Crippen molar-refractivity contribution in [1.82, 2.24) is 5.32 Å². The van der Waals surface area contributed by atoms with Crippen LogP contribution in [0.25, 0.3) is 0 Å². The number of halogens is 1. The highest BCUT2D eigenvalue weighted by Crippen LogP contribution is 2.35. The van der Waals surface area contributed by atoms with Crippen molar-refractivity contribution in [3.63, 3.8) is 0 Å². The molecule has 0 unspecified atom stereocenters. The molecule has 0 atom stereocenters. The van der Waals surface area contributed by atoms with E-state index in [9.17, 15) is 4.79 Å². The molecule has 0 aromatic heterocycles. The number of carbonyl (C=O) groups is 1. The van der Waals surface area contributed by atoms with E-state index in [0.29, 0.717) is 13.2 Å². The molecule has 1 aromatic carbocycles. The van der Waals surface area contributed by atoms with Crippen LogP contribution in [0.3, 0.4) is 0 Å². The number of amides is 1. The molecule has 0 bridgehead atoms. The predicted molar refractivity (Wildman–Crippen MR) is 83.2 cm³/mol. The fourth-order valence-corrected chi connectivity index (χ4v) is 3.61. The van der Waals surface area contributed by atoms with Crippen LogP contribution in [0.2, 0.25) is 0 Å². The van der Waals surface area contributed by atoms with E-state index in [4.69, 9.17) is 9.47 Å². The van der Waals surface area contributed by atoms with Gasteiger partial charge in [0.05, 0.1) is 13.2 Å². The summed E-state index contributed by atoms with van der Waals surface area (Å²) in [5.74, 6) is -0.358. The lowest BCUT2D eigenvalue weighted by molar-refractivity contribution is -0.179. The van der Waals surface area contributed by atoms with Gasteiger partial charge < -0.3 is 14.8 Å². The van der Waals surface area contributed by atoms with Gasteiger partial charge in [-0.3, -0.25) is 4.79 Å². The average Bonchev–Trinajstić information content (AvgIpc) is 2.90. The summed E-state index contributed by atoms with van der Waals surface area (Å²) in [4.78, 5) is 12.4. The molecule has 114 valence electrons. The monoisotopic (exact) mass is 353 g/mol. The Kier molecular flexibility index (Phi) is 4.33. The number of nitrogens with one attached hydrogen (secondary N) is 1. The van der Waals surface area contributed by atoms with E-state index < -0.39 is 0 Å². The van der Waals surface area contributed by atoms with Crippen LogP contribution in [-0.2, 0) is 9.47 Å². The Morgan fingerprint density at radius 3 is 2.57 bits per heavy atom. The quantitative estimate of drug-likeness (QED) is 0.888. The van der Waals surface area contributed by atoms with E-state index in [1.54, 1.807) is 0 Å². The molecule has 1 aliphatic heterocycles. The highest BCUT2D eigenvalue weighted by atomic mass is 79.9. The summed E-state index contributed by atoms with van der Waals surface area (Å²) in [5, 5.41) is 3.14. The molecule has 1 aliphatic carbocycles. The summed E-state index contributed by atoms with van der Waals surface area (Å²) in [7, 11) is 0. The van der Waals surface area contributed by atoms with Crippen molar-refractivity contribution in [2.45, 2.75) is 44.4 Å². The van der Waals surface area contributed by atoms with Crippen LogP contribution >= 0.6 is 15.9 Å². The number of rotatable bonds is 2. The summed E-state index contributed by atoms with van der Waals surface area (Å²) in [6.45, 7) is 3.33. The Morgan fingerprint density at radius 1 is 1.29 bits per heavy atom. The fourth-order valence-electron chi connectivity index (χ4n) is 3.13. The maximum Gasteiger partial charge on any atom is 0.251 e. The summed E-state index contributed by atoms with van der Waals surface area (Å²) in [6.07, 6.45) is 3.52. The number of hydrogen-bond donors (Lipinski definition) is 1. The van der Waals surface area contributed by atoms with Crippen molar-refractivity contribution in [3.8, 4) is 0 Å². The van der Waals surface area contributed by atoms with Crippen LogP contribution in [0.1, 0.15) is 41.6 Å². The second-order valence-electron chi connectivity index (χ2n) is 5.81. The molecule has 1 aromatic rings. The van der Waals surface area contributed by atoms with Crippen molar-refractivity contribution in [1.29, 1.82) is 0 Å². The zero-order valence-corrected chi connectivity index (χ0v) is 13.7. The Balaban J connectivity index is 1.58. The van der Waals surface area contributed by atoms with Crippen LogP contribution in [0.4, 0.5) is 0 Å². The highest BCUT2D eigenvalue weighted by molar-refractivity contribution is 9.10. The van der Waals surface area contributed by atoms with Gasteiger partial charge >= 0.3 is 0 Å². The molecule has 1 saturated heterocycles. The van der Waals surface area contributed by atoms with Gasteiger partial charge in [0.25, 0.3) is 5.91 Å². The normalized spacial score (nSPS) is 21.6. The topological polar surface area (TPSA) is 47.6 Å². The number of ether oxygens (including phenoxy) is 2. The van der Waals surface area contributed by atoms with Gasteiger partial charge in [-0.2, -0.15) is 0 Å². The van der Waals surface area contributed by atoms with E-state index in [0.717, 1.165) is 41.3 Å². The van der Waals surface area contributed by atoms with Gasteiger partial charge in [0.1, 0.15) is 0 Å². The summed E-state index contributed by atoms with van der Waals surface area (Å²) < 4.78 is 12.4. The molecule has 1 saturated carbocycles. The van der Waals surface area contributed by atoms with Gasteiger partial charge in [-0.25, -0.2) is 0 Å². The largest absolute Gasteiger partial charge is 0.349 e. The molecule has 1 N–H and O–H groups in total. The van der Waals surface area contributed by atoms with Gasteiger partial charge in [0.2, 0.25) is 0 Å². The van der Waals surface area contributed by atoms with Gasteiger partial charge in [-0.1, -0.05) is 15.9 Å². The van der Waals surface area contributed by atoms with Gasteiger partial charge in [-0.05, 0) is 43.5 Å². The molecule has 4 nitrogen and oxygen atoms in total. The molecule has 0 radical (unpaired) electrons. The van der Waals surface area contributed by atoms with Crippen LogP contribution in [0.15, 0.2) is 22.7 Å². The minimum atomic E-state index is -0.366. The molecular formula is C16H20BrNO3. The number of hydrogen-bond acceptors (Lipinski definition) is 3. The minimum absolute atomic E-state index is 0.00853. The van der Waals surface area contributed by atoms with Crippen molar-refractivity contribution in [2.75, 3.05) is 13.2 Å². The van der Waals surface area contributed by atoms with E-state index in [2.05, 4.69) is 21.2 Å². The second-order valence-corrected chi connectivity index (χ2v) is 6.73. The molecule has 2 aliphatic rings. The first-order valence-corrected chi connectivity index (χ1v) is 8.22. The first-order valence-electron chi connectivity index (χ1n) is 7.43. The summed E-state index contributed by atoms with van der Waals surface area (Å²) in [6, 6.07) is 5.93. The van der Waals surface area contributed by atoms with Gasteiger partial charge in [-0.15, -0.1) is 0 Å². The molecular weight excluding hydrogens is 334 g/mol. The Bertz CT molecular complexity index is 530. The van der Waals surface area contributed by atoms with Crippen LogP contribution in [0, 0.1) is 6.92 Å². The first kappa shape index (κ1) is 15.0. The standard InChI is InChI=1S/C16H20BrNO3/c1-11-10-12(17)2-3-14(11)15(19)18-13-4-6-16(7-5-13)20-8-9-21-16/h2-3,10,13H,4-9H2,1H3,(H,18,19). The third kappa shape index (κ3) is 3.30. The Labute approximate surface area is 133 Å². The lowest BCUT2D eigenvalue weighted by Crippen LogP contribution is -2.44. The zero-order valence-electron chi connectivity index (χ0n) is 12.2. The van der Waals surface area contributed by atoms with Crippen LogP contribution in [-0.4, -0.2) is 30.9 Å². The average molecular weight is 354 g/mol. The van der Waals surface area contributed by atoms with Gasteiger partial charge in [0.15, 0.2) is 5.79 Å². The van der Waals surface area contributed by atoms with Crippen molar-refractivity contribution in [3.05, 3.63) is 33.8 Å². The molecule has 1 spiro atoms. The number of benzene rings is 1. The highest BCUT2D eigenvalue weighted by Gasteiger charge is 2.40. The van der Waals surface area contributed by atoms with Crippen molar-refractivity contribution in [2.24, 2.45) is 0 Å². The minimum Gasteiger partial charge on any atom is -0.349 e. The van der Waals surface area contributed by atoms with Crippen molar-refractivity contribution >= 4 is 21.8 Å². The lowest BCUT2D eigenvalue weighted by Gasteiger charge is -2.35. The second kappa shape index (κ2) is 6.07. The molecule has 1 amide bonds. The van der Waals surface area contributed by atoms with Gasteiger partial charge in [0, 0.05) is 28.9 Å². The van der Waals surface area contributed by atoms with E-state index in [1.165, 1.54) is 0 Å². The smallest absolute Gasteiger partial charge is 0.251 e. The Morgan fingerprint density at radius 2 is 1.95 bits per heavy atom. The predicted octanol–water partition coefficient (Wildman–Crippen LogP) is 3.17. The van der Waals surface area contributed by atoms with Crippen LogP contribution < -0.4 is 5.32 Å². The third-order valence-corrected chi connectivity index (χ3v) is 4.82. The molecule has 5 heteroatoms. The third-order valence-electron chi connectivity index (χ3n) is 4.33. The SMILES string of the molecule is Cc1cc(Br)ccc1C(=O)NC1CCC2(CC1)OCCO2. The lowest BCUT2D eigenvalue weighted by atomic mass is 9.90. The number of carbonyl (C=O) groups excluding carboxylic acids is 1. The Hall–Kier alpha value is -0.910. The zero-order chi connectivity index (χ0) is 14.9. The molecule has 21 heavy (non-hydrogen) atoms. The molecule has 1 heterocycles. The summed E-state index contributed by atoms with van der Waals surface area (Å²) >= 11 is 3.42. The maximum atomic E-state index is 12.4. The first-order chi connectivity index (χ1) is 10.1.